The molecule has 3 nitrogen and oxygen atoms in total. The minimum absolute atomic E-state index is 0.162. The van der Waals surface area contributed by atoms with Crippen LogP contribution in [0.25, 0.3) is 0 Å². The maximum atomic E-state index is 11.8. The summed E-state index contributed by atoms with van der Waals surface area (Å²) in [4.78, 5) is 11.8. The highest BCUT2D eigenvalue weighted by Gasteiger charge is 2.20. The van der Waals surface area contributed by atoms with E-state index >= 15 is 0 Å². The number of amides is 1. The minimum Gasteiger partial charge on any atom is -0.354 e. The fraction of sp³-hybridized carbons (Fsp3) is 0.944. The Bertz CT molecular complexity index is 250. The molecule has 0 saturated carbocycles. The molecule has 0 heterocycles. The van der Waals surface area contributed by atoms with Crippen LogP contribution in [0.1, 0.15) is 97.8 Å². The van der Waals surface area contributed by atoms with Gasteiger partial charge in [0.15, 0.2) is 0 Å². The van der Waals surface area contributed by atoms with Crippen molar-refractivity contribution in [1.29, 1.82) is 0 Å². The average molecular weight is 299 g/mol. The van der Waals surface area contributed by atoms with E-state index in [1.807, 2.05) is 0 Å². The fourth-order valence-corrected chi connectivity index (χ4v) is 2.46. The van der Waals surface area contributed by atoms with E-state index in [4.69, 9.17) is 5.73 Å². The first kappa shape index (κ1) is 20.4. The number of unbranched alkanes of at least 4 members (excludes halogenated alkanes) is 8. The van der Waals surface area contributed by atoms with Gasteiger partial charge in [0.1, 0.15) is 0 Å². The van der Waals surface area contributed by atoms with E-state index in [0.717, 1.165) is 19.3 Å². The monoisotopic (exact) mass is 298 g/mol. The van der Waals surface area contributed by atoms with Crippen LogP contribution in [-0.4, -0.2) is 18.0 Å². The lowest BCUT2D eigenvalue weighted by atomic mass is 9.94. The lowest BCUT2D eigenvalue weighted by Gasteiger charge is -2.26. The number of rotatable bonds is 14. The second-order valence-corrected chi connectivity index (χ2v) is 6.42. The molecule has 0 atom stereocenters. The molecule has 1 amide bonds. The summed E-state index contributed by atoms with van der Waals surface area (Å²) in [5.74, 6) is 0.162. The van der Waals surface area contributed by atoms with Crippen molar-refractivity contribution in [2.45, 2.75) is 103 Å². The van der Waals surface area contributed by atoms with Crippen LogP contribution in [0.2, 0.25) is 0 Å². The van der Waals surface area contributed by atoms with Gasteiger partial charge in [-0.3, -0.25) is 4.79 Å². The lowest BCUT2D eigenvalue weighted by Crippen LogP contribution is -2.49. The summed E-state index contributed by atoms with van der Waals surface area (Å²) < 4.78 is 0. The first-order valence-electron chi connectivity index (χ1n) is 9.13. The highest BCUT2D eigenvalue weighted by Crippen LogP contribution is 2.11. The zero-order chi connectivity index (χ0) is 16.0. The van der Waals surface area contributed by atoms with Crippen molar-refractivity contribution >= 4 is 5.91 Å². The van der Waals surface area contributed by atoms with Crippen LogP contribution in [0, 0.1) is 0 Å². The standard InChI is InChI=1S/C18H38N2O/c1-4-7-8-9-10-11-12-13-14-15-17(21)20-16-18(19,5-2)6-3/h4-16,19H2,1-3H3,(H,20,21). The molecule has 3 heteroatoms. The summed E-state index contributed by atoms with van der Waals surface area (Å²) >= 11 is 0. The second kappa shape index (κ2) is 13.1. The fourth-order valence-electron chi connectivity index (χ4n) is 2.46. The smallest absolute Gasteiger partial charge is 0.220 e. The normalized spacial score (nSPS) is 11.6. The van der Waals surface area contributed by atoms with E-state index in [9.17, 15) is 4.79 Å². The average Bonchev–Trinajstić information content (AvgIpc) is 2.51. The Morgan fingerprint density at radius 2 is 1.33 bits per heavy atom. The third kappa shape index (κ3) is 11.7. The van der Waals surface area contributed by atoms with E-state index in [0.29, 0.717) is 13.0 Å². The third-order valence-electron chi connectivity index (χ3n) is 4.55. The topological polar surface area (TPSA) is 55.1 Å². The van der Waals surface area contributed by atoms with Crippen molar-refractivity contribution < 1.29 is 4.79 Å². The largest absolute Gasteiger partial charge is 0.354 e. The molecule has 126 valence electrons. The van der Waals surface area contributed by atoms with Crippen LogP contribution in [0.4, 0.5) is 0 Å². The van der Waals surface area contributed by atoms with Crippen LogP contribution in [-0.2, 0) is 4.79 Å². The van der Waals surface area contributed by atoms with Crippen molar-refractivity contribution in [2.24, 2.45) is 5.73 Å². The predicted octanol–water partition coefficient (Wildman–Crippen LogP) is 4.54. The molecule has 0 aliphatic rings. The number of hydrogen-bond donors (Lipinski definition) is 2. The van der Waals surface area contributed by atoms with Gasteiger partial charge in [-0.25, -0.2) is 0 Å². The molecular weight excluding hydrogens is 260 g/mol. The third-order valence-corrected chi connectivity index (χ3v) is 4.55. The Morgan fingerprint density at radius 1 is 0.857 bits per heavy atom. The van der Waals surface area contributed by atoms with Gasteiger partial charge in [0.2, 0.25) is 5.91 Å². The van der Waals surface area contributed by atoms with Gasteiger partial charge in [0.05, 0.1) is 0 Å². The van der Waals surface area contributed by atoms with Gasteiger partial charge in [-0.1, -0.05) is 72.1 Å². The molecule has 21 heavy (non-hydrogen) atoms. The van der Waals surface area contributed by atoms with Gasteiger partial charge < -0.3 is 11.1 Å². The predicted molar refractivity (Wildman–Crippen MR) is 92.4 cm³/mol. The maximum Gasteiger partial charge on any atom is 0.220 e. The number of carbonyl (C=O) groups is 1. The molecule has 0 fully saturated rings. The van der Waals surface area contributed by atoms with E-state index in [2.05, 4.69) is 26.1 Å². The van der Waals surface area contributed by atoms with Crippen LogP contribution >= 0.6 is 0 Å². The molecule has 0 aromatic heterocycles. The summed E-state index contributed by atoms with van der Waals surface area (Å²) in [6.45, 7) is 7.02. The van der Waals surface area contributed by atoms with Gasteiger partial charge >= 0.3 is 0 Å². The summed E-state index contributed by atoms with van der Waals surface area (Å²) in [5, 5.41) is 2.99. The summed E-state index contributed by atoms with van der Waals surface area (Å²) in [7, 11) is 0. The summed E-state index contributed by atoms with van der Waals surface area (Å²) in [5.41, 5.74) is 5.95. The summed E-state index contributed by atoms with van der Waals surface area (Å²) in [6, 6.07) is 0. The van der Waals surface area contributed by atoms with Crippen LogP contribution in [0.15, 0.2) is 0 Å². The SMILES string of the molecule is CCCCCCCCCCCC(=O)NCC(N)(CC)CC. The Labute approximate surface area is 132 Å². The van der Waals surface area contributed by atoms with Crippen LogP contribution in [0.5, 0.6) is 0 Å². The number of hydrogen-bond acceptors (Lipinski definition) is 2. The molecule has 0 saturated heterocycles. The van der Waals surface area contributed by atoms with Crippen molar-refractivity contribution in [3.05, 3.63) is 0 Å². The first-order valence-corrected chi connectivity index (χ1v) is 9.13. The zero-order valence-electron chi connectivity index (χ0n) is 14.7. The molecule has 0 radical (unpaired) electrons. The van der Waals surface area contributed by atoms with Gasteiger partial charge in [0.25, 0.3) is 0 Å². The van der Waals surface area contributed by atoms with Crippen molar-refractivity contribution in [3.63, 3.8) is 0 Å². The Kier molecular flexibility index (Phi) is 12.8. The maximum absolute atomic E-state index is 11.8. The van der Waals surface area contributed by atoms with Crippen LogP contribution < -0.4 is 11.1 Å². The van der Waals surface area contributed by atoms with Crippen molar-refractivity contribution in [3.8, 4) is 0 Å². The molecule has 0 aromatic rings. The molecule has 0 aliphatic heterocycles. The minimum atomic E-state index is -0.228. The van der Waals surface area contributed by atoms with E-state index in [1.54, 1.807) is 0 Å². The zero-order valence-corrected chi connectivity index (χ0v) is 14.7. The number of nitrogens with two attached hydrogens (primary N) is 1. The van der Waals surface area contributed by atoms with Gasteiger partial charge in [-0.15, -0.1) is 0 Å². The van der Waals surface area contributed by atoms with Gasteiger partial charge in [-0.2, -0.15) is 0 Å². The van der Waals surface area contributed by atoms with E-state index in [-0.39, 0.29) is 11.4 Å². The number of nitrogens with one attached hydrogen (secondary N) is 1. The molecule has 0 rings (SSSR count). The molecule has 0 bridgehead atoms. The van der Waals surface area contributed by atoms with E-state index in [1.165, 1.54) is 51.4 Å². The molecule has 3 N–H and O–H groups in total. The van der Waals surface area contributed by atoms with Crippen LogP contribution in [0.3, 0.4) is 0 Å². The van der Waals surface area contributed by atoms with Crippen molar-refractivity contribution in [1.82, 2.24) is 5.32 Å². The quantitative estimate of drug-likeness (QED) is 0.462. The summed E-state index contributed by atoms with van der Waals surface area (Å²) in [6.07, 6.45) is 14.0. The molecule has 0 spiro atoms. The van der Waals surface area contributed by atoms with Gasteiger partial charge in [-0.05, 0) is 19.3 Å². The molecule has 0 aliphatic carbocycles. The molecular formula is C18H38N2O. The molecule has 0 aromatic carbocycles. The Morgan fingerprint density at radius 3 is 1.81 bits per heavy atom. The second-order valence-electron chi connectivity index (χ2n) is 6.42. The van der Waals surface area contributed by atoms with E-state index < -0.39 is 0 Å². The Balaban J connectivity index is 3.42. The first-order chi connectivity index (χ1) is 10.1. The van der Waals surface area contributed by atoms with Gasteiger partial charge in [0, 0.05) is 18.5 Å². The Hall–Kier alpha value is -0.570. The highest BCUT2D eigenvalue weighted by atomic mass is 16.1. The number of carbonyl (C=O) groups excluding carboxylic acids is 1. The lowest BCUT2D eigenvalue weighted by molar-refractivity contribution is -0.121. The highest BCUT2D eigenvalue weighted by molar-refractivity contribution is 5.75. The molecule has 0 unspecified atom stereocenters. The van der Waals surface area contributed by atoms with Crippen molar-refractivity contribution in [2.75, 3.05) is 6.54 Å².